The molecule has 0 aliphatic rings. The van der Waals surface area contributed by atoms with Crippen molar-refractivity contribution < 1.29 is 14.0 Å². The molecule has 2 amide bonds. The predicted molar refractivity (Wildman–Crippen MR) is 93.0 cm³/mol. The summed E-state index contributed by atoms with van der Waals surface area (Å²) < 4.78 is 5.51. The van der Waals surface area contributed by atoms with E-state index in [0.717, 1.165) is 0 Å². The Morgan fingerprint density at radius 1 is 0.917 bits per heavy atom. The first-order chi connectivity index (χ1) is 11.6. The maximum Gasteiger partial charge on any atom is 0.258 e. The molecule has 2 heterocycles. The van der Waals surface area contributed by atoms with Crippen LogP contribution < -0.4 is 10.6 Å². The standard InChI is InChI=1S/C17H12BrN3O3/c18-15-9-12(10-24-15)17(23)21-14-3-1-2-11(8-14)16(22)20-13-4-6-19-7-5-13/h1-10H,(H,21,23)(H,19,20,22). The summed E-state index contributed by atoms with van der Waals surface area (Å²) in [6.07, 6.45) is 4.53. The zero-order valence-electron chi connectivity index (χ0n) is 12.3. The molecule has 2 aromatic heterocycles. The van der Waals surface area contributed by atoms with Gasteiger partial charge in [-0.1, -0.05) is 6.07 Å². The fourth-order valence-electron chi connectivity index (χ4n) is 2.01. The van der Waals surface area contributed by atoms with Crippen LogP contribution in [0.4, 0.5) is 11.4 Å². The summed E-state index contributed by atoms with van der Waals surface area (Å²) in [6.45, 7) is 0. The number of halogens is 1. The average molecular weight is 386 g/mol. The molecule has 1 aromatic carbocycles. The molecule has 3 rings (SSSR count). The van der Waals surface area contributed by atoms with Crippen LogP contribution in [-0.4, -0.2) is 16.8 Å². The molecule has 6 nitrogen and oxygen atoms in total. The third kappa shape index (κ3) is 3.88. The van der Waals surface area contributed by atoms with Crippen LogP contribution in [0.25, 0.3) is 0 Å². The molecule has 0 bridgehead atoms. The van der Waals surface area contributed by atoms with Crippen molar-refractivity contribution in [1.29, 1.82) is 0 Å². The van der Waals surface area contributed by atoms with E-state index in [-0.39, 0.29) is 11.8 Å². The van der Waals surface area contributed by atoms with E-state index >= 15 is 0 Å². The Morgan fingerprint density at radius 2 is 1.62 bits per heavy atom. The number of amides is 2. The van der Waals surface area contributed by atoms with Gasteiger partial charge in [-0.3, -0.25) is 14.6 Å². The van der Waals surface area contributed by atoms with E-state index in [1.54, 1.807) is 54.9 Å². The maximum absolute atomic E-state index is 12.3. The largest absolute Gasteiger partial charge is 0.457 e. The highest BCUT2D eigenvalue weighted by molar-refractivity contribution is 9.10. The Balaban J connectivity index is 1.72. The molecule has 0 saturated carbocycles. The van der Waals surface area contributed by atoms with E-state index in [2.05, 4.69) is 31.5 Å². The Kier molecular flexibility index (Phi) is 4.72. The van der Waals surface area contributed by atoms with E-state index < -0.39 is 0 Å². The minimum atomic E-state index is -0.323. The number of nitrogens with zero attached hydrogens (tertiary/aromatic N) is 1. The van der Waals surface area contributed by atoms with Crippen molar-refractivity contribution in [2.45, 2.75) is 0 Å². The topological polar surface area (TPSA) is 84.2 Å². The number of furan rings is 1. The van der Waals surface area contributed by atoms with Crippen LogP contribution in [-0.2, 0) is 0 Å². The summed E-state index contributed by atoms with van der Waals surface area (Å²) >= 11 is 3.14. The summed E-state index contributed by atoms with van der Waals surface area (Å²) in [7, 11) is 0. The van der Waals surface area contributed by atoms with Crippen LogP contribution >= 0.6 is 15.9 Å². The third-order valence-corrected chi connectivity index (χ3v) is 3.57. The Bertz CT molecular complexity index is 878. The van der Waals surface area contributed by atoms with Crippen LogP contribution in [0, 0.1) is 0 Å². The van der Waals surface area contributed by atoms with E-state index in [4.69, 9.17) is 4.42 Å². The number of hydrogen-bond acceptors (Lipinski definition) is 4. The van der Waals surface area contributed by atoms with Crippen molar-refractivity contribution in [2.24, 2.45) is 0 Å². The van der Waals surface area contributed by atoms with E-state index in [1.165, 1.54) is 6.26 Å². The van der Waals surface area contributed by atoms with Gasteiger partial charge in [0.1, 0.15) is 6.26 Å². The van der Waals surface area contributed by atoms with Gasteiger partial charge in [0.15, 0.2) is 4.67 Å². The van der Waals surface area contributed by atoms with Crippen LogP contribution in [0.3, 0.4) is 0 Å². The number of carbonyl (C=O) groups excluding carboxylic acids is 2. The first-order valence-electron chi connectivity index (χ1n) is 6.98. The van der Waals surface area contributed by atoms with Crippen LogP contribution in [0.5, 0.6) is 0 Å². The summed E-state index contributed by atoms with van der Waals surface area (Å²) in [4.78, 5) is 28.3. The second kappa shape index (κ2) is 7.10. The molecule has 0 spiro atoms. The number of rotatable bonds is 4. The zero-order valence-corrected chi connectivity index (χ0v) is 13.9. The van der Waals surface area contributed by atoms with Gasteiger partial charge in [0.2, 0.25) is 0 Å². The minimum absolute atomic E-state index is 0.275. The van der Waals surface area contributed by atoms with Gasteiger partial charge in [0, 0.05) is 35.4 Å². The quantitative estimate of drug-likeness (QED) is 0.712. The Morgan fingerprint density at radius 3 is 2.33 bits per heavy atom. The molecule has 0 aliphatic heterocycles. The molecule has 120 valence electrons. The van der Waals surface area contributed by atoms with Crippen LogP contribution in [0.2, 0.25) is 0 Å². The van der Waals surface area contributed by atoms with Crippen molar-refractivity contribution in [3.05, 3.63) is 76.9 Å². The van der Waals surface area contributed by atoms with Crippen molar-refractivity contribution in [2.75, 3.05) is 10.6 Å². The monoisotopic (exact) mass is 385 g/mol. The molecule has 24 heavy (non-hydrogen) atoms. The summed E-state index contributed by atoms with van der Waals surface area (Å²) in [5.41, 5.74) is 1.97. The number of hydrogen-bond donors (Lipinski definition) is 2. The lowest BCUT2D eigenvalue weighted by Gasteiger charge is -2.07. The molecule has 0 atom stereocenters. The van der Waals surface area contributed by atoms with Gasteiger partial charge in [0.05, 0.1) is 5.56 Å². The Labute approximate surface area is 146 Å². The number of anilines is 2. The first kappa shape index (κ1) is 15.9. The molecule has 0 unspecified atom stereocenters. The normalized spacial score (nSPS) is 10.2. The van der Waals surface area contributed by atoms with Gasteiger partial charge in [-0.15, -0.1) is 0 Å². The summed E-state index contributed by atoms with van der Waals surface area (Å²) in [6, 6.07) is 11.6. The summed E-state index contributed by atoms with van der Waals surface area (Å²) in [5, 5.41) is 5.48. The number of carbonyl (C=O) groups is 2. The molecular formula is C17H12BrN3O3. The molecule has 0 aliphatic carbocycles. The van der Waals surface area contributed by atoms with Crippen molar-refractivity contribution in [3.63, 3.8) is 0 Å². The third-order valence-electron chi connectivity index (χ3n) is 3.15. The molecule has 7 heteroatoms. The fraction of sp³-hybridized carbons (Fsp3) is 0. The van der Waals surface area contributed by atoms with Crippen LogP contribution in [0.15, 0.2) is 70.2 Å². The minimum Gasteiger partial charge on any atom is -0.457 e. The van der Waals surface area contributed by atoms with Crippen molar-refractivity contribution in [3.8, 4) is 0 Å². The van der Waals surface area contributed by atoms with Crippen molar-refractivity contribution in [1.82, 2.24) is 4.98 Å². The number of nitrogens with one attached hydrogen (secondary N) is 2. The lowest BCUT2D eigenvalue weighted by Crippen LogP contribution is -2.14. The molecule has 0 fully saturated rings. The fourth-order valence-corrected chi connectivity index (χ4v) is 2.35. The predicted octanol–water partition coefficient (Wildman–Crippen LogP) is 3.94. The highest BCUT2D eigenvalue weighted by Crippen LogP contribution is 2.17. The molecule has 2 N–H and O–H groups in total. The molecule has 0 radical (unpaired) electrons. The lowest BCUT2D eigenvalue weighted by molar-refractivity contribution is 0.101. The number of pyridine rings is 1. The van der Waals surface area contributed by atoms with Gasteiger partial charge in [-0.05, 0) is 46.3 Å². The van der Waals surface area contributed by atoms with E-state index in [0.29, 0.717) is 27.2 Å². The first-order valence-corrected chi connectivity index (χ1v) is 7.78. The molecule has 0 saturated heterocycles. The van der Waals surface area contributed by atoms with Crippen molar-refractivity contribution >= 4 is 39.1 Å². The molecule has 3 aromatic rings. The van der Waals surface area contributed by atoms with Gasteiger partial charge < -0.3 is 15.1 Å². The maximum atomic E-state index is 12.3. The number of aromatic nitrogens is 1. The van der Waals surface area contributed by atoms with Gasteiger partial charge in [-0.2, -0.15) is 0 Å². The van der Waals surface area contributed by atoms with E-state index in [9.17, 15) is 9.59 Å². The van der Waals surface area contributed by atoms with Gasteiger partial charge in [-0.25, -0.2) is 0 Å². The van der Waals surface area contributed by atoms with E-state index in [1.807, 2.05) is 0 Å². The van der Waals surface area contributed by atoms with Gasteiger partial charge >= 0.3 is 0 Å². The summed E-state index contributed by atoms with van der Waals surface area (Å²) in [5.74, 6) is -0.598. The SMILES string of the molecule is O=C(Nc1ccncc1)c1cccc(NC(=O)c2coc(Br)c2)c1. The van der Waals surface area contributed by atoms with Crippen LogP contribution in [0.1, 0.15) is 20.7 Å². The molecular weight excluding hydrogens is 374 g/mol. The second-order valence-corrected chi connectivity index (χ2v) is 5.65. The Hall–Kier alpha value is -2.93. The number of benzene rings is 1. The van der Waals surface area contributed by atoms with Gasteiger partial charge in [0.25, 0.3) is 11.8 Å². The second-order valence-electron chi connectivity index (χ2n) is 4.86. The zero-order chi connectivity index (χ0) is 16.9. The lowest BCUT2D eigenvalue weighted by atomic mass is 10.1. The smallest absolute Gasteiger partial charge is 0.258 e. The highest BCUT2D eigenvalue weighted by Gasteiger charge is 2.11. The highest BCUT2D eigenvalue weighted by atomic mass is 79.9. The average Bonchev–Trinajstić information content (AvgIpc) is 3.03.